The molecule has 0 amide bonds. The molecule has 2 aromatic rings. The van der Waals surface area contributed by atoms with Crippen molar-refractivity contribution in [3.05, 3.63) is 40.3 Å². The van der Waals surface area contributed by atoms with Crippen LogP contribution in [0, 0.1) is 0 Å². The summed E-state index contributed by atoms with van der Waals surface area (Å²) in [6.07, 6.45) is 0. The summed E-state index contributed by atoms with van der Waals surface area (Å²) in [5, 5.41) is 3.83. The second-order valence-electron chi connectivity index (χ2n) is 4.00. The first kappa shape index (κ1) is 9.74. The van der Waals surface area contributed by atoms with Crippen LogP contribution in [0.2, 0.25) is 0 Å². The lowest BCUT2D eigenvalue weighted by Gasteiger charge is -2.12. The van der Waals surface area contributed by atoms with Gasteiger partial charge in [0.15, 0.2) is 5.82 Å². The summed E-state index contributed by atoms with van der Waals surface area (Å²) < 4.78 is 3.85. The number of nitrogens with two attached hydrogens (primary N) is 1. The van der Waals surface area contributed by atoms with E-state index in [2.05, 4.69) is 38.8 Å². The largest absolute Gasteiger partial charge is 0.381 e. The number of aromatic nitrogens is 2. The number of hydrogen-bond acceptors (Lipinski definition) is 5. The normalized spacial score (nSPS) is 15.2. The van der Waals surface area contributed by atoms with E-state index in [0.29, 0.717) is 5.82 Å². The Bertz CT molecular complexity index is 483. The summed E-state index contributed by atoms with van der Waals surface area (Å²) in [6, 6.07) is 8.54. The highest BCUT2D eigenvalue weighted by molar-refractivity contribution is 7.06. The molecule has 0 bridgehead atoms. The Hall–Kier alpha value is -1.46. The maximum absolute atomic E-state index is 5.73. The number of anilines is 1. The third-order valence-corrected chi connectivity index (χ3v) is 3.58. The van der Waals surface area contributed by atoms with E-state index in [1.807, 2.05) is 0 Å². The topological polar surface area (TPSA) is 55.0 Å². The number of rotatable bonds is 2. The molecule has 0 unspecified atom stereocenters. The molecule has 0 aliphatic carbocycles. The smallest absolute Gasteiger partial charge is 0.163 e. The third kappa shape index (κ3) is 1.68. The predicted molar refractivity (Wildman–Crippen MR) is 63.7 cm³/mol. The lowest BCUT2D eigenvalue weighted by molar-refractivity contribution is 0.278. The maximum Gasteiger partial charge on any atom is 0.163 e. The molecule has 2 heterocycles. The van der Waals surface area contributed by atoms with Gasteiger partial charge in [-0.1, -0.05) is 28.8 Å². The summed E-state index contributed by atoms with van der Waals surface area (Å²) in [5.74, 6) is 0.570. The first-order valence-electron chi connectivity index (χ1n) is 5.19. The average Bonchev–Trinajstić information content (AvgIpc) is 2.85. The lowest BCUT2D eigenvalue weighted by Crippen LogP contribution is -2.15. The fourth-order valence-corrected chi connectivity index (χ4v) is 2.65. The summed E-state index contributed by atoms with van der Waals surface area (Å²) in [4.78, 5) is 3.42. The summed E-state index contributed by atoms with van der Waals surface area (Å²) >= 11 is 1.39. The van der Waals surface area contributed by atoms with Gasteiger partial charge in [0.2, 0.25) is 0 Å². The third-order valence-electron chi connectivity index (χ3n) is 2.86. The Morgan fingerprint density at radius 1 is 1.25 bits per heavy atom. The van der Waals surface area contributed by atoms with E-state index < -0.39 is 0 Å². The number of hydrogen-bond donors (Lipinski definition) is 1. The quantitative estimate of drug-likeness (QED) is 0.855. The maximum atomic E-state index is 5.73. The van der Waals surface area contributed by atoms with Crippen LogP contribution in [0.25, 0.3) is 0 Å². The van der Waals surface area contributed by atoms with Crippen molar-refractivity contribution in [3.8, 4) is 0 Å². The van der Waals surface area contributed by atoms with Crippen molar-refractivity contribution in [3.63, 3.8) is 0 Å². The van der Waals surface area contributed by atoms with Crippen LogP contribution in [-0.4, -0.2) is 14.5 Å². The van der Waals surface area contributed by atoms with Crippen LogP contribution in [0.1, 0.15) is 16.0 Å². The zero-order valence-electron chi connectivity index (χ0n) is 8.76. The molecule has 4 nitrogen and oxygen atoms in total. The molecule has 3 rings (SSSR count). The number of nitrogen functional groups attached to an aromatic ring is 1. The van der Waals surface area contributed by atoms with Gasteiger partial charge in [0.1, 0.15) is 0 Å². The molecule has 0 fully saturated rings. The second kappa shape index (κ2) is 3.84. The van der Waals surface area contributed by atoms with E-state index in [0.717, 1.165) is 24.5 Å². The molecule has 82 valence electrons. The molecule has 0 saturated heterocycles. The van der Waals surface area contributed by atoms with Crippen LogP contribution in [0.15, 0.2) is 24.3 Å². The van der Waals surface area contributed by atoms with E-state index in [9.17, 15) is 0 Å². The molecule has 1 aliphatic rings. The van der Waals surface area contributed by atoms with E-state index >= 15 is 0 Å². The highest BCUT2D eigenvalue weighted by Crippen LogP contribution is 2.25. The van der Waals surface area contributed by atoms with Gasteiger partial charge in [-0.3, -0.25) is 4.90 Å². The Morgan fingerprint density at radius 3 is 2.50 bits per heavy atom. The molecular weight excluding hydrogens is 220 g/mol. The van der Waals surface area contributed by atoms with Crippen LogP contribution < -0.4 is 5.73 Å². The molecular formula is C11H12N4S. The molecule has 0 saturated carbocycles. The van der Waals surface area contributed by atoms with Crippen molar-refractivity contribution in [1.29, 1.82) is 0 Å². The molecule has 2 N–H and O–H groups in total. The SMILES string of the molecule is Nc1nnsc1CN1Cc2ccccc2C1. The van der Waals surface area contributed by atoms with Crippen molar-refractivity contribution in [2.24, 2.45) is 0 Å². The van der Waals surface area contributed by atoms with Crippen molar-refractivity contribution < 1.29 is 0 Å². The van der Waals surface area contributed by atoms with Crippen LogP contribution in [0.3, 0.4) is 0 Å². The summed E-state index contributed by atoms with van der Waals surface area (Å²) in [5.41, 5.74) is 8.56. The van der Waals surface area contributed by atoms with Crippen LogP contribution in [0.4, 0.5) is 5.82 Å². The first-order valence-corrected chi connectivity index (χ1v) is 5.96. The van der Waals surface area contributed by atoms with Crippen LogP contribution >= 0.6 is 11.5 Å². The Labute approximate surface area is 97.9 Å². The molecule has 0 radical (unpaired) electrons. The van der Waals surface area contributed by atoms with Crippen molar-refractivity contribution in [2.75, 3.05) is 5.73 Å². The highest BCUT2D eigenvalue weighted by Gasteiger charge is 2.19. The second-order valence-corrected chi connectivity index (χ2v) is 4.83. The van der Waals surface area contributed by atoms with E-state index in [-0.39, 0.29) is 0 Å². The Morgan fingerprint density at radius 2 is 1.94 bits per heavy atom. The van der Waals surface area contributed by atoms with Crippen LogP contribution in [-0.2, 0) is 19.6 Å². The summed E-state index contributed by atoms with van der Waals surface area (Å²) in [6.45, 7) is 2.83. The first-order chi connectivity index (χ1) is 7.83. The Kier molecular flexibility index (Phi) is 2.34. The molecule has 1 aliphatic heterocycles. The minimum atomic E-state index is 0.570. The molecule has 1 aromatic heterocycles. The molecule has 16 heavy (non-hydrogen) atoms. The predicted octanol–water partition coefficient (Wildman–Crippen LogP) is 1.64. The monoisotopic (exact) mass is 232 g/mol. The zero-order valence-corrected chi connectivity index (χ0v) is 9.57. The van der Waals surface area contributed by atoms with Crippen molar-refractivity contribution in [2.45, 2.75) is 19.6 Å². The molecule has 5 heteroatoms. The molecule has 0 atom stereocenters. The number of nitrogens with zero attached hydrogens (tertiary/aromatic N) is 3. The average molecular weight is 232 g/mol. The van der Waals surface area contributed by atoms with Gasteiger partial charge in [-0.25, -0.2) is 0 Å². The number of benzene rings is 1. The fourth-order valence-electron chi connectivity index (χ4n) is 2.04. The minimum Gasteiger partial charge on any atom is -0.381 e. The van der Waals surface area contributed by atoms with Gasteiger partial charge in [-0.2, -0.15) is 0 Å². The highest BCUT2D eigenvalue weighted by atomic mass is 32.1. The molecule has 0 spiro atoms. The summed E-state index contributed by atoms with van der Waals surface area (Å²) in [7, 11) is 0. The van der Waals surface area contributed by atoms with Gasteiger partial charge in [-0.05, 0) is 22.7 Å². The van der Waals surface area contributed by atoms with Gasteiger partial charge in [0.25, 0.3) is 0 Å². The lowest BCUT2D eigenvalue weighted by atomic mass is 10.1. The van der Waals surface area contributed by atoms with Gasteiger partial charge in [-0.15, -0.1) is 5.10 Å². The van der Waals surface area contributed by atoms with Gasteiger partial charge >= 0.3 is 0 Å². The minimum absolute atomic E-state index is 0.570. The van der Waals surface area contributed by atoms with E-state index in [1.54, 1.807) is 0 Å². The zero-order chi connectivity index (χ0) is 11.0. The van der Waals surface area contributed by atoms with Gasteiger partial charge in [0, 0.05) is 19.6 Å². The van der Waals surface area contributed by atoms with Gasteiger partial charge < -0.3 is 5.73 Å². The van der Waals surface area contributed by atoms with Crippen molar-refractivity contribution >= 4 is 17.4 Å². The Balaban J connectivity index is 1.75. The van der Waals surface area contributed by atoms with Crippen LogP contribution in [0.5, 0.6) is 0 Å². The molecule has 1 aromatic carbocycles. The van der Waals surface area contributed by atoms with E-state index in [1.165, 1.54) is 22.7 Å². The fraction of sp³-hybridized carbons (Fsp3) is 0.273. The van der Waals surface area contributed by atoms with E-state index in [4.69, 9.17) is 5.73 Å². The van der Waals surface area contributed by atoms with Gasteiger partial charge in [0.05, 0.1) is 4.88 Å². The number of fused-ring (bicyclic) bond motifs is 1. The van der Waals surface area contributed by atoms with Crippen molar-refractivity contribution in [1.82, 2.24) is 14.5 Å². The standard InChI is InChI=1S/C11H12N4S/c12-11-10(16-14-13-11)7-15-5-8-3-1-2-4-9(8)6-15/h1-4H,5-7,12H2.